The smallest absolute Gasteiger partial charge is 0.391 e. The SMILES string of the molecule is Cc1ncsc1-c1ccc([C@H](C)NC(=O)[C@@H]2C[C@@H](O)CN2C(=O)[C@@H](NC(=O)CCCCC(=O)N2CCC3(CCN(CC4(C)CCC(c5ccc(Cl)cc5)=C(CN5CCN(c6ccc(C(=O)NS(=O)(=O)c7ccc(N[C@H](CCN8CCOCC8)CSc8ccccc8)c(S(=O)(=O)C(F)(F)F)c7)cc6)CC5)C4)CC3)CC2)C(C)(C)C)cc1. The zero-order valence-corrected chi connectivity index (χ0v) is 70.6. The molecule has 115 heavy (non-hydrogen) atoms. The van der Waals surface area contributed by atoms with Crippen LogP contribution < -0.4 is 25.6 Å². The van der Waals surface area contributed by atoms with Crippen LogP contribution in [0.5, 0.6) is 0 Å². The monoisotopic (exact) mass is 1680 g/mol. The molecule has 22 nitrogen and oxygen atoms in total. The third-order valence-electron chi connectivity index (χ3n) is 23.9. The average Bonchev–Trinajstić information content (AvgIpc) is 1.76. The van der Waals surface area contributed by atoms with Gasteiger partial charge in [-0.25, -0.2) is 26.5 Å². The molecule has 6 aliphatic rings. The van der Waals surface area contributed by atoms with Gasteiger partial charge < -0.3 is 45.4 Å². The first kappa shape index (κ1) is 86.9. The number of anilines is 2. The van der Waals surface area contributed by atoms with E-state index in [1.807, 2.05) is 116 Å². The van der Waals surface area contributed by atoms with E-state index in [0.29, 0.717) is 102 Å². The molecule has 0 saturated carbocycles. The number of carbonyl (C=O) groups is 5. The molecular weight excluding hydrogens is 1570 g/mol. The number of ether oxygens (including phenoxy) is 1. The molecule has 0 radical (unpaired) electrons. The van der Waals surface area contributed by atoms with E-state index < -0.39 is 82.3 Å². The zero-order valence-electron chi connectivity index (χ0n) is 66.5. The number of halogens is 4. The minimum absolute atomic E-state index is 0.0274. The number of alkyl halides is 3. The first-order chi connectivity index (χ1) is 54.7. The topological polar surface area (TPSA) is 264 Å². The lowest BCUT2D eigenvalue weighted by atomic mass is 9.69. The Morgan fingerprint density at radius 2 is 1.43 bits per heavy atom. The molecule has 5 saturated heterocycles. The Balaban J connectivity index is 0.586. The van der Waals surface area contributed by atoms with Gasteiger partial charge in [-0.3, -0.25) is 33.8 Å². The van der Waals surface area contributed by atoms with Gasteiger partial charge in [0.2, 0.25) is 23.6 Å². The summed E-state index contributed by atoms with van der Waals surface area (Å²) in [7, 11) is -11.0. The van der Waals surface area contributed by atoms with Crippen LogP contribution in [0.4, 0.5) is 24.5 Å². The highest BCUT2D eigenvalue weighted by Gasteiger charge is 2.50. The van der Waals surface area contributed by atoms with E-state index in [2.05, 4.69) is 59.6 Å². The summed E-state index contributed by atoms with van der Waals surface area (Å²) < 4.78 is 105. The second kappa shape index (κ2) is 37.7. The highest BCUT2D eigenvalue weighted by atomic mass is 35.5. The quantitative estimate of drug-likeness (QED) is 0.0216. The van der Waals surface area contributed by atoms with E-state index in [9.17, 15) is 59.1 Å². The number of amides is 5. The lowest BCUT2D eigenvalue weighted by Gasteiger charge is -2.49. The van der Waals surface area contributed by atoms with Crippen LogP contribution in [-0.4, -0.2) is 221 Å². The molecule has 6 atom stereocenters. The van der Waals surface area contributed by atoms with Gasteiger partial charge in [0.15, 0.2) is 0 Å². The standard InChI is InChI=1S/C85H109ClF3N11O11S4/c1-58(60-16-18-62(19-17-60)77-59(2)90-57-113-77)91-80(105)73-50-68(101)54-100(73)81(106)78(82(3,4)5)93-75(102)14-10-11-15-76(103)99-40-35-84(36-41-99)33-38-97(39-34-84)56-83(6)32-30-71(61-20-24-65(86)25-21-61)64(52-83)53-96-42-44-98(45-43-96)67-26-22-63(23-27-67)79(104)94-115(109,110)70-28-29-72(74(51-70)114(107,108)85(87,88)89)92-66(31-37-95-46-48-111-49-47-95)55-112-69-12-8-7-9-13-69/h7-9,12-13,16-29,51,57-58,66,68,73,78,92,101H,10-11,14-15,30-50,52-56H2,1-6H3,(H,91,105)(H,93,102)(H,94,104)/t58-,66+,68+,73-,78+,83?/m0/s1. The van der Waals surface area contributed by atoms with Gasteiger partial charge in [0.05, 0.1) is 52.0 Å². The zero-order chi connectivity index (χ0) is 82.0. The third kappa shape index (κ3) is 22.3. The number of piperidine rings is 2. The number of aromatic nitrogens is 1. The number of unbranched alkanes of at least 4 members (excludes halogenated alkanes) is 1. The number of thiazole rings is 1. The van der Waals surface area contributed by atoms with Gasteiger partial charge in [-0.05, 0) is 196 Å². The number of benzene rings is 5. The van der Waals surface area contributed by atoms with Crippen molar-refractivity contribution < 1.29 is 63.8 Å². The highest BCUT2D eigenvalue weighted by Crippen LogP contribution is 2.47. The van der Waals surface area contributed by atoms with Gasteiger partial charge >= 0.3 is 5.51 Å². The number of allylic oxidation sites excluding steroid dienone is 1. The van der Waals surface area contributed by atoms with E-state index in [1.165, 1.54) is 45.5 Å². The number of aliphatic hydroxyl groups is 1. The summed E-state index contributed by atoms with van der Waals surface area (Å²) in [4.78, 5) is 86.3. The number of likely N-dealkylation sites (tertiary alicyclic amines) is 3. The van der Waals surface area contributed by atoms with Gasteiger partial charge in [0.25, 0.3) is 25.8 Å². The van der Waals surface area contributed by atoms with Crippen molar-refractivity contribution in [3.63, 3.8) is 0 Å². The lowest BCUT2D eigenvalue weighted by Crippen LogP contribution is -2.57. The Labute approximate surface area is 688 Å². The van der Waals surface area contributed by atoms with E-state index >= 15 is 0 Å². The molecule has 1 aliphatic carbocycles. The van der Waals surface area contributed by atoms with Crippen LogP contribution in [-0.2, 0) is 43.8 Å². The van der Waals surface area contributed by atoms with Crippen LogP contribution in [0.25, 0.3) is 16.0 Å². The molecule has 5 amide bonds. The largest absolute Gasteiger partial charge is 0.501 e. The predicted octanol–water partition coefficient (Wildman–Crippen LogP) is 12.9. The summed E-state index contributed by atoms with van der Waals surface area (Å²) in [5.74, 6) is -1.72. The van der Waals surface area contributed by atoms with Crippen LogP contribution in [0.3, 0.4) is 0 Å². The molecule has 1 unspecified atom stereocenters. The maximum atomic E-state index is 14.4. The van der Waals surface area contributed by atoms with Crippen molar-refractivity contribution in [2.75, 3.05) is 121 Å². The number of β-amino-alcohol motifs (C(OH)–C–C–N with tert-alkyl or cyclic N) is 1. The van der Waals surface area contributed by atoms with Crippen LogP contribution in [0.15, 0.2) is 147 Å². The molecule has 622 valence electrons. The Kier molecular flexibility index (Phi) is 28.4. The van der Waals surface area contributed by atoms with Crippen molar-refractivity contribution in [1.29, 1.82) is 0 Å². The molecule has 5 N–H and O–H groups in total. The predicted molar refractivity (Wildman–Crippen MR) is 445 cm³/mol. The first-order valence-corrected chi connectivity index (χ1v) is 45.3. The Morgan fingerprint density at radius 3 is 2.08 bits per heavy atom. The molecule has 5 fully saturated rings. The van der Waals surface area contributed by atoms with Crippen molar-refractivity contribution >= 4 is 101 Å². The van der Waals surface area contributed by atoms with Crippen LogP contribution in [0.2, 0.25) is 5.02 Å². The van der Waals surface area contributed by atoms with Crippen molar-refractivity contribution in [1.82, 2.24) is 44.8 Å². The van der Waals surface area contributed by atoms with Crippen LogP contribution >= 0.6 is 34.7 Å². The number of morpholine rings is 1. The Bertz CT molecular complexity index is 4640. The van der Waals surface area contributed by atoms with E-state index in [0.717, 1.165) is 129 Å². The number of hydrogen-bond donors (Lipinski definition) is 5. The van der Waals surface area contributed by atoms with Crippen LogP contribution in [0.1, 0.15) is 151 Å². The molecule has 1 aromatic heterocycles. The number of carbonyl (C=O) groups excluding carboxylic acids is 5. The number of piperazine rings is 1. The fourth-order valence-electron chi connectivity index (χ4n) is 17.0. The normalized spacial score (nSPS) is 21.1. The van der Waals surface area contributed by atoms with Crippen molar-refractivity contribution in [3.8, 4) is 10.4 Å². The fraction of sp³-hybridized carbons (Fsp3) is 0.529. The minimum atomic E-state index is -6.11. The summed E-state index contributed by atoms with van der Waals surface area (Å²) in [5, 5.41) is 20.5. The number of nitrogens with zero attached hydrogens (tertiary/aromatic N) is 7. The summed E-state index contributed by atoms with van der Waals surface area (Å²) in [5.41, 5.74) is 2.72. The maximum Gasteiger partial charge on any atom is 0.501 e. The molecule has 12 rings (SSSR count). The molecule has 5 aliphatic heterocycles. The summed E-state index contributed by atoms with van der Waals surface area (Å²) in [6.45, 7) is 22.8. The van der Waals surface area contributed by atoms with Gasteiger partial charge in [-0.1, -0.05) is 99.5 Å². The second-order valence-electron chi connectivity index (χ2n) is 33.4. The maximum absolute atomic E-state index is 14.4. The first-order valence-electron chi connectivity index (χ1n) is 40.1. The molecule has 0 bridgehead atoms. The van der Waals surface area contributed by atoms with Crippen LogP contribution in [0, 0.1) is 23.2 Å². The number of sulfone groups is 1. The number of thioether (sulfide) groups is 1. The van der Waals surface area contributed by atoms with Crippen molar-refractivity contribution in [3.05, 3.63) is 160 Å². The number of aryl methyl sites for hydroxylation is 1. The average molecular weight is 1680 g/mol. The Hall–Kier alpha value is -7.45. The molecule has 6 heterocycles. The summed E-state index contributed by atoms with van der Waals surface area (Å²) in [6, 6.07) is 31.5. The molecule has 1 spiro atoms. The lowest BCUT2D eigenvalue weighted by molar-refractivity contribution is -0.144. The molecule has 6 aromatic rings. The molecule has 5 aromatic carbocycles. The van der Waals surface area contributed by atoms with Crippen molar-refractivity contribution in [2.45, 2.75) is 175 Å². The van der Waals surface area contributed by atoms with E-state index in [4.69, 9.17) is 16.3 Å². The molecule has 30 heteroatoms. The fourth-order valence-corrected chi connectivity index (χ4v) is 20.9. The second-order valence-corrected chi connectivity index (χ2v) is 39.4. The number of hydrogen-bond acceptors (Lipinski definition) is 19. The van der Waals surface area contributed by atoms with Gasteiger partial charge in [-0.2, -0.15) is 13.2 Å². The number of sulfonamides is 1. The number of rotatable bonds is 29. The van der Waals surface area contributed by atoms with Gasteiger partial charge in [-0.15, -0.1) is 23.1 Å². The molecular formula is C85H109ClF3N11O11S4. The van der Waals surface area contributed by atoms with Gasteiger partial charge in [0, 0.05) is 131 Å². The minimum Gasteiger partial charge on any atom is -0.391 e. The van der Waals surface area contributed by atoms with Crippen molar-refractivity contribution in [2.24, 2.45) is 16.2 Å². The summed E-state index contributed by atoms with van der Waals surface area (Å²) >= 11 is 9.44. The van der Waals surface area contributed by atoms with Gasteiger partial charge in [0.1, 0.15) is 17.0 Å². The third-order valence-corrected chi connectivity index (χ3v) is 29.1. The number of nitrogens with one attached hydrogen (secondary N) is 4. The van der Waals surface area contributed by atoms with E-state index in [1.54, 1.807) is 23.5 Å². The van der Waals surface area contributed by atoms with E-state index in [-0.39, 0.29) is 59.5 Å². The highest BCUT2D eigenvalue weighted by molar-refractivity contribution is 7.99. The Morgan fingerprint density at radius 1 is 0.765 bits per heavy atom. The summed E-state index contributed by atoms with van der Waals surface area (Å²) in [6.07, 6.45) is 8.01. The number of aliphatic hydroxyl groups excluding tert-OH is 1.